The van der Waals surface area contributed by atoms with Crippen LogP contribution >= 0.6 is 0 Å². The van der Waals surface area contributed by atoms with E-state index >= 15 is 0 Å². The summed E-state index contributed by atoms with van der Waals surface area (Å²) in [4.78, 5) is 11.6. The van der Waals surface area contributed by atoms with Gasteiger partial charge in [0.25, 0.3) is 0 Å². The first-order valence-electron chi connectivity index (χ1n) is 6.85. The van der Waals surface area contributed by atoms with Gasteiger partial charge in [-0.1, -0.05) is 12.1 Å². The van der Waals surface area contributed by atoms with Crippen molar-refractivity contribution in [2.24, 2.45) is 5.73 Å². The summed E-state index contributed by atoms with van der Waals surface area (Å²) in [6, 6.07) is 6.38. The third-order valence-electron chi connectivity index (χ3n) is 2.88. The van der Waals surface area contributed by atoms with Gasteiger partial charge in [-0.2, -0.15) is 8.78 Å². The third-order valence-corrected chi connectivity index (χ3v) is 2.88. The van der Waals surface area contributed by atoms with Crippen molar-refractivity contribution in [2.75, 3.05) is 6.54 Å². The minimum absolute atomic E-state index is 0.0359. The number of halogens is 2. The molecule has 118 valence electrons. The van der Waals surface area contributed by atoms with Gasteiger partial charge in [0.2, 0.25) is 5.91 Å². The molecule has 0 radical (unpaired) electrons. The van der Waals surface area contributed by atoms with E-state index in [1.807, 2.05) is 13.8 Å². The monoisotopic (exact) mass is 300 g/mol. The zero-order valence-corrected chi connectivity index (χ0v) is 12.4. The molecule has 0 heterocycles. The number of rotatable bonds is 8. The fourth-order valence-corrected chi connectivity index (χ4v) is 1.71. The average molecular weight is 300 g/mol. The molecule has 0 aliphatic carbocycles. The Morgan fingerprint density at radius 2 is 1.95 bits per heavy atom. The van der Waals surface area contributed by atoms with Gasteiger partial charge in [0.15, 0.2) is 0 Å². The number of hydrogen-bond donors (Lipinski definition) is 2. The van der Waals surface area contributed by atoms with Gasteiger partial charge >= 0.3 is 6.61 Å². The van der Waals surface area contributed by atoms with Gasteiger partial charge in [0.1, 0.15) is 5.75 Å². The molecule has 0 atom stereocenters. The summed E-state index contributed by atoms with van der Waals surface area (Å²) in [7, 11) is 0. The molecule has 0 bridgehead atoms. The quantitative estimate of drug-likeness (QED) is 0.775. The van der Waals surface area contributed by atoms with Crippen LogP contribution in [0.3, 0.4) is 0 Å². The van der Waals surface area contributed by atoms with Gasteiger partial charge in [0, 0.05) is 18.5 Å². The predicted molar refractivity (Wildman–Crippen MR) is 77.3 cm³/mol. The summed E-state index contributed by atoms with van der Waals surface area (Å²) >= 11 is 0. The number of carbonyl (C=O) groups excluding carboxylic acids is 1. The molecule has 0 aliphatic heterocycles. The minimum atomic E-state index is -2.82. The number of nitrogens with two attached hydrogens (primary N) is 1. The van der Waals surface area contributed by atoms with Crippen LogP contribution < -0.4 is 15.8 Å². The standard InChI is InChI=1S/C15H22F2N2O2/c1-15(2,18)9-7-13(20)19-10-8-11-3-5-12(6-4-11)21-14(16)17/h3-6,14H,7-10,18H2,1-2H3,(H,19,20). The number of alkyl halides is 2. The number of benzene rings is 1. The van der Waals surface area contributed by atoms with E-state index in [-0.39, 0.29) is 17.2 Å². The minimum Gasteiger partial charge on any atom is -0.435 e. The summed E-state index contributed by atoms with van der Waals surface area (Å²) in [5.74, 6) is 0.0918. The number of hydrogen-bond acceptors (Lipinski definition) is 3. The fraction of sp³-hybridized carbons (Fsp3) is 0.533. The van der Waals surface area contributed by atoms with Crippen LogP contribution in [0.25, 0.3) is 0 Å². The molecule has 4 nitrogen and oxygen atoms in total. The van der Waals surface area contributed by atoms with Gasteiger partial charge in [0.05, 0.1) is 0 Å². The molecule has 0 saturated heterocycles. The first-order chi connectivity index (χ1) is 9.76. The lowest BCUT2D eigenvalue weighted by atomic mass is 10.00. The summed E-state index contributed by atoms with van der Waals surface area (Å²) < 4.78 is 28.2. The Balaban J connectivity index is 2.27. The van der Waals surface area contributed by atoms with Crippen molar-refractivity contribution >= 4 is 5.91 Å². The summed E-state index contributed by atoms with van der Waals surface area (Å²) in [6.07, 6.45) is 1.65. The van der Waals surface area contributed by atoms with Crippen LogP contribution in [-0.2, 0) is 11.2 Å². The third kappa shape index (κ3) is 8.24. The number of carbonyl (C=O) groups is 1. The molecule has 1 aromatic carbocycles. The summed E-state index contributed by atoms with van der Waals surface area (Å²) in [5.41, 5.74) is 6.40. The highest BCUT2D eigenvalue weighted by Crippen LogP contribution is 2.15. The highest BCUT2D eigenvalue weighted by atomic mass is 19.3. The molecule has 0 aromatic heterocycles. The average Bonchev–Trinajstić information content (AvgIpc) is 2.37. The van der Waals surface area contributed by atoms with Crippen molar-refractivity contribution in [3.05, 3.63) is 29.8 Å². The number of ether oxygens (including phenoxy) is 1. The first-order valence-corrected chi connectivity index (χ1v) is 6.85. The molecule has 0 fully saturated rings. The Morgan fingerprint density at radius 3 is 2.48 bits per heavy atom. The second kappa shape index (κ2) is 7.93. The number of amides is 1. The second-order valence-electron chi connectivity index (χ2n) is 5.61. The van der Waals surface area contributed by atoms with Crippen LogP contribution in [0.2, 0.25) is 0 Å². The van der Waals surface area contributed by atoms with Gasteiger partial charge in [-0.3, -0.25) is 4.79 Å². The Morgan fingerprint density at radius 1 is 1.33 bits per heavy atom. The van der Waals surface area contributed by atoms with Crippen LogP contribution in [0.15, 0.2) is 24.3 Å². The van der Waals surface area contributed by atoms with Gasteiger partial charge in [-0.05, 0) is 44.4 Å². The molecule has 3 N–H and O–H groups in total. The van der Waals surface area contributed by atoms with Crippen molar-refractivity contribution in [3.8, 4) is 5.75 Å². The molecule has 21 heavy (non-hydrogen) atoms. The Labute approximate surface area is 123 Å². The maximum atomic E-state index is 12.0. The van der Waals surface area contributed by atoms with Crippen molar-refractivity contribution in [3.63, 3.8) is 0 Å². The van der Waals surface area contributed by atoms with E-state index in [0.717, 1.165) is 5.56 Å². The topological polar surface area (TPSA) is 64.4 Å². The lowest BCUT2D eigenvalue weighted by molar-refractivity contribution is -0.121. The normalized spacial score (nSPS) is 11.5. The molecular formula is C15H22F2N2O2. The zero-order chi connectivity index (χ0) is 15.9. The second-order valence-corrected chi connectivity index (χ2v) is 5.61. The SMILES string of the molecule is CC(C)(N)CCC(=O)NCCc1ccc(OC(F)F)cc1. The lowest BCUT2D eigenvalue weighted by Crippen LogP contribution is -2.34. The molecule has 1 aromatic rings. The van der Waals surface area contributed by atoms with Crippen LogP contribution in [0.5, 0.6) is 5.75 Å². The molecule has 0 spiro atoms. The molecule has 0 unspecified atom stereocenters. The predicted octanol–water partition coefficient (Wildman–Crippen LogP) is 2.46. The van der Waals surface area contributed by atoms with E-state index < -0.39 is 6.61 Å². The van der Waals surface area contributed by atoms with E-state index in [1.165, 1.54) is 12.1 Å². The number of nitrogens with one attached hydrogen (secondary N) is 1. The van der Waals surface area contributed by atoms with Crippen molar-refractivity contribution in [1.29, 1.82) is 0 Å². The Bertz CT molecular complexity index is 442. The fourth-order valence-electron chi connectivity index (χ4n) is 1.71. The van der Waals surface area contributed by atoms with E-state index in [4.69, 9.17) is 5.73 Å². The van der Waals surface area contributed by atoms with E-state index in [0.29, 0.717) is 25.8 Å². The van der Waals surface area contributed by atoms with E-state index in [2.05, 4.69) is 10.1 Å². The molecule has 1 rings (SSSR count). The largest absolute Gasteiger partial charge is 0.435 e. The van der Waals surface area contributed by atoms with Crippen LogP contribution in [0, 0.1) is 0 Å². The lowest BCUT2D eigenvalue weighted by Gasteiger charge is -2.17. The van der Waals surface area contributed by atoms with Crippen LogP contribution in [-0.4, -0.2) is 24.6 Å². The highest BCUT2D eigenvalue weighted by Gasteiger charge is 2.12. The van der Waals surface area contributed by atoms with Crippen molar-refractivity contribution in [2.45, 2.75) is 45.3 Å². The summed E-state index contributed by atoms with van der Waals surface area (Å²) in [5, 5.41) is 2.80. The van der Waals surface area contributed by atoms with E-state index in [9.17, 15) is 13.6 Å². The van der Waals surface area contributed by atoms with Gasteiger partial charge in [-0.25, -0.2) is 0 Å². The van der Waals surface area contributed by atoms with Crippen molar-refractivity contribution < 1.29 is 18.3 Å². The van der Waals surface area contributed by atoms with Crippen molar-refractivity contribution in [1.82, 2.24) is 5.32 Å². The Kier molecular flexibility index (Phi) is 6.55. The maximum absolute atomic E-state index is 12.0. The van der Waals surface area contributed by atoms with E-state index in [1.54, 1.807) is 12.1 Å². The smallest absolute Gasteiger partial charge is 0.387 e. The highest BCUT2D eigenvalue weighted by molar-refractivity contribution is 5.75. The maximum Gasteiger partial charge on any atom is 0.387 e. The molecule has 6 heteroatoms. The molecule has 0 aliphatic rings. The van der Waals surface area contributed by atoms with Gasteiger partial charge < -0.3 is 15.8 Å². The zero-order valence-electron chi connectivity index (χ0n) is 12.4. The van der Waals surface area contributed by atoms with Gasteiger partial charge in [-0.15, -0.1) is 0 Å². The van der Waals surface area contributed by atoms with Crippen LogP contribution in [0.1, 0.15) is 32.3 Å². The molecular weight excluding hydrogens is 278 g/mol. The first kappa shape index (κ1) is 17.4. The Hall–Kier alpha value is -1.69. The molecule has 1 amide bonds. The van der Waals surface area contributed by atoms with Crippen LogP contribution in [0.4, 0.5) is 8.78 Å². The summed E-state index contributed by atoms with van der Waals surface area (Å²) in [6.45, 7) is 1.44. The molecule has 0 saturated carbocycles.